The van der Waals surface area contributed by atoms with E-state index in [1.165, 1.54) is 5.56 Å². The number of hydrogen-bond acceptors (Lipinski definition) is 6. The lowest BCUT2D eigenvalue weighted by atomic mass is 10.0. The number of hydrogen-bond donors (Lipinski definition) is 2. The Balaban J connectivity index is 1.47. The Hall–Kier alpha value is -2.67. The second-order valence-electron chi connectivity index (χ2n) is 7.90. The van der Waals surface area contributed by atoms with E-state index < -0.39 is 0 Å². The smallest absolute Gasteiger partial charge is 0.242 e. The quantitative estimate of drug-likeness (QED) is 0.731. The number of aromatic nitrogens is 2. The first-order valence-corrected chi connectivity index (χ1v) is 10.6. The lowest BCUT2D eigenvalue weighted by Gasteiger charge is -2.34. The Morgan fingerprint density at radius 2 is 1.93 bits per heavy atom. The van der Waals surface area contributed by atoms with Crippen molar-refractivity contribution in [3.63, 3.8) is 0 Å². The topological polar surface area (TPSA) is 73.4 Å². The average Bonchev–Trinajstić information content (AvgIpc) is 2.89. The van der Waals surface area contributed by atoms with Crippen molar-refractivity contribution in [2.75, 3.05) is 43.4 Å². The highest BCUT2D eigenvalue weighted by Gasteiger charge is 2.32. The van der Waals surface area contributed by atoms with E-state index in [2.05, 4.69) is 44.9 Å². The molecule has 0 aliphatic carbocycles. The number of rotatable bonds is 6. The molecule has 2 aliphatic rings. The molecule has 1 amide bonds. The number of anilines is 2. The molecule has 0 unspecified atom stereocenters. The van der Waals surface area contributed by atoms with Crippen LogP contribution in [0.3, 0.4) is 0 Å². The van der Waals surface area contributed by atoms with Crippen LogP contribution >= 0.6 is 0 Å². The van der Waals surface area contributed by atoms with Crippen LogP contribution in [0.2, 0.25) is 0 Å². The Morgan fingerprint density at radius 1 is 1.14 bits per heavy atom. The van der Waals surface area contributed by atoms with Gasteiger partial charge in [-0.05, 0) is 44.3 Å². The van der Waals surface area contributed by atoms with Crippen LogP contribution in [0.25, 0.3) is 0 Å². The molecule has 1 aromatic carbocycles. The fourth-order valence-corrected chi connectivity index (χ4v) is 4.25. The highest BCUT2D eigenvalue weighted by Crippen LogP contribution is 2.29. The molecule has 1 saturated heterocycles. The number of aryl methyl sites for hydroxylation is 1. The van der Waals surface area contributed by atoms with Gasteiger partial charge in [0.25, 0.3) is 0 Å². The lowest BCUT2D eigenvalue weighted by molar-refractivity contribution is -0.133. The Morgan fingerprint density at radius 3 is 2.72 bits per heavy atom. The molecular weight excluding hydrogens is 364 g/mol. The van der Waals surface area contributed by atoms with Gasteiger partial charge in [0.1, 0.15) is 18.0 Å². The normalized spacial score (nSPS) is 17.8. The number of nitrogens with zero attached hydrogens (tertiary/aromatic N) is 4. The molecule has 1 aromatic heterocycles. The van der Waals surface area contributed by atoms with Crippen LogP contribution in [0.4, 0.5) is 11.6 Å². The molecule has 4 rings (SSSR count). The first kappa shape index (κ1) is 19.6. The number of amides is 1. The van der Waals surface area contributed by atoms with E-state index in [0.717, 1.165) is 62.5 Å². The second kappa shape index (κ2) is 9.22. The van der Waals surface area contributed by atoms with E-state index in [9.17, 15) is 4.79 Å². The van der Waals surface area contributed by atoms with Crippen molar-refractivity contribution in [3.05, 3.63) is 47.8 Å². The number of fused-ring (bicyclic) bond motifs is 1. The molecule has 0 radical (unpaired) electrons. The Bertz CT molecular complexity index is 821. The van der Waals surface area contributed by atoms with E-state index in [4.69, 9.17) is 0 Å². The molecule has 0 saturated carbocycles. The highest BCUT2D eigenvalue weighted by molar-refractivity contribution is 5.84. The molecule has 154 valence electrons. The maximum absolute atomic E-state index is 12.9. The summed E-state index contributed by atoms with van der Waals surface area (Å²) in [6.45, 7) is 3.70. The SMILES string of the molecule is CN1CC(=O)N(C2CCNCC2)Cc2c(NCCCc3ccccc3)ncnc21. The number of carbonyl (C=O) groups is 1. The van der Waals surface area contributed by atoms with Crippen molar-refractivity contribution in [2.45, 2.75) is 38.3 Å². The van der Waals surface area contributed by atoms with E-state index in [0.29, 0.717) is 13.1 Å². The zero-order valence-corrected chi connectivity index (χ0v) is 17.1. The maximum atomic E-state index is 12.9. The summed E-state index contributed by atoms with van der Waals surface area (Å²) in [7, 11) is 1.94. The fourth-order valence-electron chi connectivity index (χ4n) is 4.25. The van der Waals surface area contributed by atoms with Gasteiger partial charge in [0.2, 0.25) is 5.91 Å². The van der Waals surface area contributed by atoms with Gasteiger partial charge in [-0.3, -0.25) is 4.79 Å². The lowest BCUT2D eigenvalue weighted by Crippen LogP contribution is -2.47. The van der Waals surface area contributed by atoms with Gasteiger partial charge in [0.15, 0.2) is 0 Å². The minimum absolute atomic E-state index is 0.174. The Kier molecular flexibility index (Phi) is 6.24. The molecule has 2 aromatic rings. The minimum atomic E-state index is 0.174. The standard InChI is InChI=1S/C22H30N6O/c1-27-15-20(29)28(18-9-12-23-13-10-18)14-19-21(25-16-26-22(19)27)24-11-5-8-17-6-3-2-4-7-17/h2-4,6-7,16,18,23H,5,8-15H2,1H3,(H,24,25,26). The van der Waals surface area contributed by atoms with E-state index in [1.807, 2.05) is 22.9 Å². The minimum Gasteiger partial charge on any atom is -0.370 e. The summed E-state index contributed by atoms with van der Waals surface area (Å²) < 4.78 is 0. The van der Waals surface area contributed by atoms with Crippen LogP contribution in [0.5, 0.6) is 0 Å². The number of likely N-dealkylation sites (N-methyl/N-ethyl adjacent to an activating group) is 1. The van der Waals surface area contributed by atoms with Gasteiger partial charge in [0, 0.05) is 19.6 Å². The zero-order valence-electron chi connectivity index (χ0n) is 17.1. The first-order chi connectivity index (χ1) is 14.2. The molecule has 29 heavy (non-hydrogen) atoms. The maximum Gasteiger partial charge on any atom is 0.242 e. The van der Waals surface area contributed by atoms with Crippen molar-refractivity contribution < 1.29 is 4.79 Å². The summed E-state index contributed by atoms with van der Waals surface area (Å²) in [5.74, 6) is 1.88. The van der Waals surface area contributed by atoms with Crippen LogP contribution in [0, 0.1) is 0 Å². The molecule has 2 N–H and O–H groups in total. The molecule has 0 bridgehead atoms. The molecule has 0 atom stereocenters. The van der Waals surface area contributed by atoms with Crippen LogP contribution in [0.1, 0.15) is 30.4 Å². The second-order valence-corrected chi connectivity index (χ2v) is 7.90. The molecule has 0 spiro atoms. The monoisotopic (exact) mass is 394 g/mol. The van der Waals surface area contributed by atoms with Crippen molar-refractivity contribution >= 4 is 17.5 Å². The van der Waals surface area contributed by atoms with Crippen LogP contribution in [-0.4, -0.2) is 60.0 Å². The molecule has 2 aliphatic heterocycles. The number of carbonyl (C=O) groups excluding carboxylic acids is 1. The number of nitrogens with one attached hydrogen (secondary N) is 2. The third-order valence-corrected chi connectivity index (χ3v) is 5.83. The summed E-state index contributed by atoms with van der Waals surface area (Å²) in [6, 6.07) is 10.8. The molecule has 7 nitrogen and oxygen atoms in total. The highest BCUT2D eigenvalue weighted by atomic mass is 16.2. The summed E-state index contributed by atoms with van der Waals surface area (Å²) in [5, 5.41) is 6.89. The third kappa shape index (κ3) is 4.67. The van der Waals surface area contributed by atoms with Gasteiger partial charge in [-0.2, -0.15) is 0 Å². The van der Waals surface area contributed by atoms with Crippen LogP contribution < -0.4 is 15.5 Å². The first-order valence-electron chi connectivity index (χ1n) is 10.6. The van der Waals surface area contributed by atoms with E-state index >= 15 is 0 Å². The van der Waals surface area contributed by atoms with Crippen molar-refractivity contribution in [3.8, 4) is 0 Å². The molecular formula is C22H30N6O. The van der Waals surface area contributed by atoms with Crippen molar-refractivity contribution in [1.82, 2.24) is 20.2 Å². The molecule has 7 heteroatoms. The van der Waals surface area contributed by atoms with Gasteiger partial charge < -0.3 is 20.4 Å². The number of piperidine rings is 1. The zero-order chi connectivity index (χ0) is 20.1. The van der Waals surface area contributed by atoms with Crippen LogP contribution in [-0.2, 0) is 17.8 Å². The van der Waals surface area contributed by atoms with Gasteiger partial charge in [-0.25, -0.2) is 9.97 Å². The fraction of sp³-hybridized carbons (Fsp3) is 0.500. The molecule has 3 heterocycles. The van der Waals surface area contributed by atoms with Crippen molar-refractivity contribution in [2.24, 2.45) is 0 Å². The average molecular weight is 395 g/mol. The van der Waals surface area contributed by atoms with Gasteiger partial charge >= 0.3 is 0 Å². The van der Waals surface area contributed by atoms with Gasteiger partial charge in [0.05, 0.1) is 18.7 Å². The van der Waals surface area contributed by atoms with E-state index in [-0.39, 0.29) is 11.9 Å². The largest absolute Gasteiger partial charge is 0.370 e. The van der Waals surface area contributed by atoms with Crippen molar-refractivity contribution in [1.29, 1.82) is 0 Å². The predicted molar refractivity (Wildman–Crippen MR) is 115 cm³/mol. The Labute approximate surface area is 172 Å². The summed E-state index contributed by atoms with van der Waals surface area (Å²) >= 11 is 0. The number of benzene rings is 1. The van der Waals surface area contributed by atoms with Gasteiger partial charge in [-0.15, -0.1) is 0 Å². The van der Waals surface area contributed by atoms with Crippen LogP contribution in [0.15, 0.2) is 36.7 Å². The van der Waals surface area contributed by atoms with Gasteiger partial charge in [-0.1, -0.05) is 30.3 Å². The molecule has 1 fully saturated rings. The third-order valence-electron chi connectivity index (χ3n) is 5.83. The summed E-state index contributed by atoms with van der Waals surface area (Å²) in [4.78, 5) is 25.9. The summed E-state index contributed by atoms with van der Waals surface area (Å²) in [5.41, 5.74) is 2.37. The van der Waals surface area contributed by atoms with E-state index in [1.54, 1.807) is 6.33 Å². The predicted octanol–water partition coefficient (Wildman–Crippen LogP) is 2.05. The summed E-state index contributed by atoms with van der Waals surface area (Å²) in [6.07, 6.45) is 5.65.